The maximum atomic E-state index is 5.62. The molecule has 1 aromatic carbocycles. The van der Waals surface area contributed by atoms with Crippen LogP contribution in [-0.2, 0) is 0 Å². The van der Waals surface area contributed by atoms with Gasteiger partial charge in [-0.05, 0) is 31.2 Å². The van der Waals surface area contributed by atoms with Gasteiger partial charge in [-0.3, -0.25) is 0 Å². The molecule has 0 spiro atoms. The molecule has 0 amide bonds. The van der Waals surface area contributed by atoms with Crippen molar-refractivity contribution in [3.8, 4) is 5.75 Å². The molecule has 0 radical (unpaired) electrons. The fraction of sp³-hybridized carbons (Fsp3) is 0.400. The maximum Gasteiger partial charge on any atom is 0.143 e. The van der Waals surface area contributed by atoms with Gasteiger partial charge >= 0.3 is 0 Å². The zero-order valence-electron chi connectivity index (χ0n) is 7.79. The molecular formula is C10H13BrN2O. The van der Waals surface area contributed by atoms with Crippen molar-refractivity contribution < 1.29 is 4.74 Å². The monoisotopic (exact) mass is 256 g/mol. The van der Waals surface area contributed by atoms with Crippen LogP contribution in [0.3, 0.4) is 0 Å². The molecule has 0 bridgehead atoms. The highest BCUT2D eigenvalue weighted by Gasteiger charge is 2.17. The second kappa shape index (κ2) is 4.19. The molecule has 4 heteroatoms. The van der Waals surface area contributed by atoms with Gasteiger partial charge in [0.05, 0.1) is 11.7 Å². The predicted octanol–water partition coefficient (Wildman–Crippen LogP) is 1.97. The quantitative estimate of drug-likeness (QED) is 0.851. The summed E-state index contributed by atoms with van der Waals surface area (Å²) in [5, 5.41) is 3.40. The molecule has 1 heterocycles. The number of benzene rings is 1. The van der Waals surface area contributed by atoms with Crippen LogP contribution >= 0.6 is 15.9 Å². The Balaban J connectivity index is 2.15. The fourth-order valence-electron chi connectivity index (χ4n) is 1.54. The predicted molar refractivity (Wildman–Crippen MR) is 60.7 cm³/mol. The molecule has 1 unspecified atom stereocenters. The van der Waals surface area contributed by atoms with E-state index in [0.717, 1.165) is 22.3 Å². The van der Waals surface area contributed by atoms with E-state index in [4.69, 9.17) is 10.5 Å². The van der Waals surface area contributed by atoms with E-state index in [1.54, 1.807) is 0 Å². The Kier molecular flexibility index (Phi) is 2.93. The lowest BCUT2D eigenvalue weighted by Crippen LogP contribution is -2.33. The van der Waals surface area contributed by atoms with Gasteiger partial charge in [-0.1, -0.05) is 15.9 Å². The number of fused-ring (bicyclic) bond motifs is 1. The molecule has 1 atom stereocenters. The highest BCUT2D eigenvalue weighted by Crippen LogP contribution is 2.31. The average Bonchev–Trinajstić information content (AvgIpc) is 2.19. The largest absolute Gasteiger partial charge is 0.489 e. The molecule has 0 saturated heterocycles. The number of anilines is 1. The van der Waals surface area contributed by atoms with Crippen LogP contribution < -0.4 is 15.8 Å². The van der Waals surface area contributed by atoms with Crippen molar-refractivity contribution in [2.45, 2.75) is 12.5 Å². The first kappa shape index (κ1) is 9.80. The minimum absolute atomic E-state index is 0.341. The fourth-order valence-corrected chi connectivity index (χ4v) is 1.88. The highest BCUT2D eigenvalue weighted by atomic mass is 79.9. The lowest BCUT2D eigenvalue weighted by Gasteiger charge is -2.27. The summed E-state index contributed by atoms with van der Waals surface area (Å²) in [4.78, 5) is 0. The van der Waals surface area contributed by atoms with Gasteiger partial charge in [0.15, 0.2) is 0 Å². The minimum atomic E-state index is 0.341. The topological polar surface area (TPSA) is 47.3 Å². The van der Waals surface area contributed by atoms with Gasteiger partial charge in [0, 0.05) is 4.47 Å². The molecule has 3 N–H and O–H groups in total. The Bertz CT molecular complexity index is 330. The van der Waals surface area contributed by atoms with Crippen LogP contribution in [-0.4, -0.2) is 19.2 Å². The smallest absolute Gasteiger partial charge is 0.143 e. The Hall–Kier alpha value is -0.740. The maximum absolute atomic E-state index is 5.62. The summed E-state index contributed by atoms with van der Waals surface area (Å²) >= 11 is 3.41. The van der Waals surface area contributed by atoms with Crippen LogP contribution in [0.4, 0.5) is 5.69 Å². The van der Waals surface area contributed by atoms with Gasteiger partial charge in [0.1, 0.15) is 12.4 Å². The average molecular weight is 257 g/mol. The standard InChI is InChI=1S/C10H13BrN2O/c11-7-1-2-9-10(5-7)14-6-8(13-9)3-4-12/h1-2,5,8,13H,3-4,6,12H2. The third-order valence-electron chi connectivity index (χ3n) is 2.26. The zero-order chi connectivity index (χ0) is 9.97. The number of rotatable bonds is 2. The Labute approximate surface area is 91.8 Å². The summed E-state index contributed by atoms with van der Waals surface area (Å²) in [6.45, 7) is 1.38. The molecule has 2 rings (SSSR count). The number of halogens is 1. The van der Waals surface area contributed by atoms with Crippen LogP contribution in [0.25, 0.3) is 0 Å². The summed E-state index contributed by atoms with van der Waals surface area (Å²) in [7, 11) is 0. The van der Waals surface area contributed by atoms with Crippen molar-refractivity contribution >= 4 is 21.6 Å². The minimum Gasteiger partial charge on any atom is -0.489 e. The van der Waals surface area contributed by atoms with Gasteiger partial charge in [0.25, 0.3) is 0 Å². The molecule has 3 nitrogen and oxygen atoms in total. The molecular weight excluding hydrogens is 244 g/mol. The Morgan fingerprint density at radius 3 is 3.21 bits per heavy atom. The van der Waals surface area contributed by atoms with Crippen LogP contribution in [0.1, 0.15) is 6.42 Å². The zero-order valence-corrected chi connectivity index (χ0v) is 9.38. The van der Waals surface area contributed by atoms with Crippen molar-refractivity contribution in [2.24, 2.45) is 5.73 Å². The van der Waals surface area contributed by atoms with E-state index in [9.17, 15) is 0 Å². The first-order chi connectivity index (χ1) is 6.79. The van der Waals surface area contributed by atoms with E-state index in [1.807, 2.05) is 18.2 Å². The number of nitrogens with one attached hydrogen (secondary N) is 1. The van der Waals surface area contributed by atoms with Gasteiger partial charge in [0.2, 0.25) is 0 Å². The van der Waals surface area contributed by atoms with E-state index in [2.05, 4.69) is 21.2 Å². The van der Waals surface area contributed by atoms with Crippen LogP contribution in [0.15, 0.2) is 22.7 Å². The molecule has 1 aliphatic rings. The molecule has 0 aromatic heterocycles. The summed E-state index contributed by atoms with van der Waals surface area (Å²) in [5.74, 6) is 0.910. The van der Waals surface area contributed by atoms with Crippen LogP contribution in [0.5, 0.6) is 5.75 Å². The van der Waals surface area contributed by atoms with Gasteiger partial charge in [-0.2, -0.15) is 0 Å². The van der Waals surface area contributed by atoms with Crippen LogP contribution in [0, 0.1) is 0 Å². The summed E-state index contributed by atoms with van der Waals surface area (Å²) in [6.07, 6.45) is 0.940. The number of ether oxygens (including phenoxy) is 1. The van der Waals surface area contributed by atoms with Gasteiger partial charge in [-0.25, -0.2) is 0 Å². The summed E-state index contributed by atoms with van der Waals surface area (Å²) in [5.41, 5.74) is 6.55. The molecule has 14 heavy (non-hydrogen) atoms. The number of nitrogens with two attached hydrogens (primary N) is 1. The lowest BCUT2D eigenvalue weighted by atomic mass is 10.1. The molecule has 0 fully saturated rings. The van der Waals surface area contributed by atoms with E-state index < -0.39 is 0 Å². The second-order valence-electron chi connectivity index (χ2n) is 3.37. The van der Waals surface area contributed by atoms with Crippen molar-refractivity contribution in [1.29, 1.82) is 0 Å². The third kappa shape index (κ3) is 2.01. The van der Waals surface area contributed by atoms with Crippen molar-refractivity contribution in [3.05, 3.63) is 22.7 Å². The molecule has 76 valence electrons. The number of hydrogen-bond acceptors (Lipinski definition) is 3. The van der Waals surface area contributed by atoms with Crippen molar-refractivity contribution in [3.63, 3.8) is 0 Å². The first-order valence-electron chi connectivity index (χ1n) is 4.68. The van der Waals surface area contributed by atoms with Gasteiger partial charge < -0.3 is 15.8 Å². The molecule has 0 aliphatic carbocycles. The van der Waals surface area contributed by atoms with Crippen molar-refractivity contribution in [2.75, 3.05) is 18.5 Å². The second-order valence-corrected chi connectivity index (χ2v) is 4.29. The van der Waals surface area contributed by atoms with Crippen LogP contribution in [0.2, 0.25) is 0 Å². The van der Waals surface area contributed by atoms with E-state index >= 15 is 0 Å². The van der Waals surface area contributed by atoms with E-state index in [1.165, 1.54) is 0 Å². The highest BCUT2D eigenvalue weighted by molar-refractivity contribution is 9.10. The molecule has 1 aromatic rings. The Morgan fingerprint density at radius 1 is 1.57 bits per heavy atom. The summed E-state index contributed by atoms with van der Waals surface area (Å²) in [6, 6.07) is 6.33. The van der Waals surface area contributed by atoms with Crippen molar-refractivity contribution in [1.82, 2.24) is 0 Å². The molecule has 0 saturated carbocycles. The molecule has 1 aliphatic heterocycles. The number of hydrogen-bond donors (Lipinski definition) is 2. The van der Waals surface area contributed by atoms with Gasteiger partial charge in [-0.15, -0.1) is 0 Å². The van der Waals surface area contributed by atoms with E-state index in [0.29, 0.717) is 19.2 Å². The normalized spacial score (nSPS) is 19.4. The lowest BCUT2D eigenvalue weighted by molar-refractivity contribution is 0.279. The van der Waals surface area contributed by atoms with E-state index in [-0.39, 0.29) is 0 Å². The summed E-state index contributed by atoms with van der Waals surface area (Å²) < 4.78 is 6.66. The first-order valence-corrected chi connectivity index (χ1v) is 5.48. The SMILES string of the molecule is NCCC1COc2cc(Br)ccc2N1. The third-order valence-corrected chi connectivity index (χ3v) is 2.75. The Morgan fingerprint density at radius 2 is 2.43 bits per heavy atom.